The zero-order chi connectivity index (χ0) is 18.1. The van der Waals surface area contributed by atoms with Crippen molar-refractivity contribution >= 4 is 35.1 Å². The number of thiol groups is 1. The zero-order valence-corrected chi connectivity index (χ0v) is 15.1. The van der Waals surface area contributed by atoms with Crippen molar-refractivity contribution in [3.05, 3.63) is 54.9 Å². The van der Waals surface area contributed by atoms with Gasteiger partial charge in [-0.25, -0.2) is 4.98 Å². The lowest BCUT2D eigenvalue weighted by Gasteiger charge is -2.10. The van der Waals surface area contributed by atoms with Crippen LogP contribution in [0, 0.1) is 0 Å². The second-order valence-electron chi connectivity index (χ2n) is 5.28. The summed E-state index contributed by atoms with van der Waals surface area (Å²) in [5.74, 6) is 0.536. The predicted molar refractivity (Wildman–Crippen MR) is 104 cm³/mol. The van der Waals surface area contributed by atoms with Gasteiger partial charge >= 0.3 is 0 Å². The van der Waals surface area contributed by atoms with Gasteiger partial charge in [0.05, 0.1) is 13.2 Å². The smallest absolute Gasteiger partial charge is 0.240 e. The van der Waals surface area contributed by atoms with E-state index in [2.05, 4.69) is 32.8 Å². The molecule has 0 amide bonds. The van der Waals surface area contributed by atoms with E-state index in [4.69, 9.17) is 9.84 Å². The Morgan fingerprint density at radius 2 is 1.84 bits per heavy atom. The second-order valence-corrected chi connectivity index (χ2v) is 5.59. The summed E-state index contributed by atoms with van der Waals surface area (Å²) in [4.78, 5) is 8.49. The Bertz CT molecular complexity index is 784. The summed E-state index contributed by atoms with van der Waals surface area (Å²) in [5.41, 5.74) is 2.77. The van der Waals surface area contributed by atoms with Crippen molar-refractivity contribution in [1.82, 2.24) is 14.7 Å². The largest absolute Gasteiger partial charge is 0.479 e. The number of aliphatic hydroxyl groups excluding tert-OH is 1. The van der Waals surface area contributed by atoms with Gasteiger partial charge in [-0.15, -0.1) is 0 Å². The monoisotopic (exact) mass is 358 g/mol. The lowest BCUT2D eigenvalue weighted by molar-refractivity contribution is 0.200. The average molecular weight is 358 g/mol. The molecule has 7 heteroatoms. The van der Waals surface area contributed by atoms with Crippen LogP contribution in [0.2, 0.25) is 0 Å². The summed E-state index contributed by atoms with van der Waals surface area (Å²) in [6.45, 7) is 2.24. The van der Waals surface area contributed by atoms with Gasteiger partial charge in [0.25, 0.3) is 0 Å². The maximum atomic E-state index is 8.44. The molecule has 1 aromatic carbocycles. The molecule has 0 fully saturated rings. The van der Waals surface area contributed by atoms with Crippen LogP contribution in [0.25, 0.3) is 10.9 Å². The predicted octanol–water partition coefficient (Wildman–Crippen LogP) is 3.18. The summed E-state index contributed by atoms with van der Waals surface area (Å²) in [7, 11) is 1.60. The fourth-order valence-electron chi connectivity index (χ4n) is 2.12. The number of fused-ring (bicyclic) bond motifs is 1. The van der Waals surface area contributed by atoms with E-state index >= 15 is 0 Å². The molecule has 2 aromatic heterocycles. The number of hydrogen-bond donors (Lipinski definition) is 4. The van der Waals surface area contributed by atoms with Crippen LogP contribution in [0.3, 0.4) is 0 Å². The van der Waals surface area contributed by atoms with Crippen molar-refractivity contribution in [2.45, 2.75) is 13.0 Å². The molecular weight excluding hydrogens is 336 g/mol. The summed E-state index contributed by atoms with van der Waals surface area (Å²) in [6, 6.07) is 13.9. The quantitative estimate of drug-likeness (QED) is 0.525. The molecule has 0 aliphatic carbocycles. The van der Waals surface area contributed by atoms with Gasteiger partial charge < -0.3 is 15.2 Å². The minimum atomic E-state index is -0.289. The van der Waals surface area contributed by atoms with E-state index < -0.39 is 0 Å². The summed E-state index contributed by atoms with van der Waals surface area (Å²) in [5, 5.41) is 12.8. The van der Waals surface area contributed by atoms with Crippen LogP contribution in [-0.2, 0) is 0 Å². The number of aromatic nitrogens is 2. The SMILES string of the molecule is CC(O)CNS.COc1nccc2c(Nc3ccccc3)ccnc12. The minimum absolute atomic E-state index is 0.289. The number of nitrogens with zero attached hydrogens (tertiary/aromatic N) is 2. The molecule has 3 rings (SSSR count). The fourth-order valence-corrected chi connectivity index (χ4v) is 2.38. The van der Waals surface area contributed by atoms with Crippen LogP contribution in [-0.4, -0.2) is 34.8 Å². The lowest BCUT2D eigenvalue weighted by atomic mass is 10.2. The first-order valence-corrected chi connectivity index (χ1v) is 8.25. The van der Waals surface area contributed by atoms with E-state index in [1.807, 2.05) is 42.5 Å². The van der Waals surface area contributed by atoms with E-state index in [1.54, 1.807) is 26.4 Å². The molecule has 6 nitrogen and oxygen atoms in total. The first kappa shape index (κ1) is 19.0. The molecular formula is C18H22N4O2S. The number of nitrogens with one attached hydrogen (secondary N) is 2. The van der Waals surface area contributed by atoms with Crippen LogP contribution in [0.5, 0.6) is 5.88 Å². The highest BCUT2D eigenvalue weighted by Gasteiger charge is 2.07. The second kappa shape index (κ2) is 9.83. The molecule has 0 saturated heterocycles. The Balaban J connectivity index is 0.000000326. The van der Waals surface area contributed by atoms with Crippen LogP contribution >= 0.6 is 12.8 Å². The Hall–Kier alpha value is -2.35. The third-order valence-corrected chi connectivity index (χ3v) is 3.44. The third-order valence-electron chi connectivity index (χ3n) is 3.26. The fraction of sp³-hybridized carbons (Fsp3) is 0.222. The maximum Gasteiger partial charge on any atom is 0.240 e. The van der Waals surface area contributed by atoms with Gasteiger partial charge in [-0.05, 0) is 31.2 Å². The molecule has 1 atom stereocenters. The molecule has 0 bridgehead atoms. The number of benzene rings is 1. The minimum Gasteiger partial charge on any atom is -0.479 e. The van der Waals surface area contributed by atoms with E-state index in [0.717, 1.165) is 22.3 Å². The molecule has 3 aromatic rings. The average Bonchev–Trinajstić information content (AvgIpc) is 2.63. The molecule has 0 saturated carbocycles. The van der Waals surface area contributed by atoms with Crippen molar-refractivity contribution in [2.75, 3.05) is 19.0 Å². The highest BCUT2D eigenvalue weighted by molar-refractivity contribution is 7.78. The number of rotatable bonds is 5. The van der Waals surface area contributed by atoms with E-state index in [-0.39, 0.29) is 6.10 Å². The van der Waals surface area contributed by atoms with E-state index in [9.17, 15) is 0 Å². The Kier molecular flexibility index (Phi) is 7.46. The molecule has 25 heavy (non-hydrogen) atoms. The van der Waals surface area contributed by atoms with Gasteiger partial charge in [0.15, 0.2) is 0 Å². The van der Waals surface area contributed by atoms with Gasteiger partial charge in [-0.1, -0.05) is 31.0 Å². The molecule has 0 radical (unpaired) electrons. The molecule has 2 heterocycles. The van der Waals surface area contributed by atoms with Crippen LogP contribution in [0.1, 0.15) is 6.92 Å². The van der Waals surface area contributed by atoms with Crippen molar-refractivity contribution in [3.63, 3.8) is 0 Å². The van der Waals surface area contributed by atoms with Crippen molar-refractivity contribution < 1.29 is 9.84 Å². The highest BCUT2D eigenvalue weighted by Crippen LogP contribution is 2.28. The van der Waals surface area contributed by atoms with Crippen LogP contribution < -0.4 is 14.8 Å². The van der Waals surface area contributed by atoms with Gasteiger partial charge in [-0.2, -0.15) is 0 Å². The maximum absolute atomic E-state index is 8.44. The standard InChI is InChI=1S/C15H13N3O.C3H9NOS/c1-19-15-14-12(7-9-17-15)13(8-10-16-14)18-11-5-3-2-4-6-11;1-3(5)2-4-6/h2-10H,1H3,(H,16,18);3-6H,2H2,1H3. The van der Waals surface area contributed by atoms with Crippen molar-refractivity contribution in [2.24, 2.45) is 0 Å². The van der Waals surface area contributed by atoms with Gasteiger partial charge in [-0.3, -0.25) is 9.71 Å². The number of aliphatic hydroxyl groups is 1. The van der Waals surface area contributed by atoms with Gasteiger partial charge in [0.2, 0.25) is 5.88 Å². The molecule has 0 spiro atoms. The number of anilines is 2. The molecule has 3 N–H and O–H groups in total. The lowest BCUT2D eigenvalue weighted by Crippen LogP contribution is -2.15. The van der Waals surface area contributed by atoms with Crippen LogP contribution in [0.4, 0.5) is 11.4 Å². The first-order chi connectivity index (χ1) is 12.2. The Morgan fingerprint density at radius 1 is 1.12 bits per heavy atom. The molecule has 132 valence electrons. The zero-order valence-electron chi connectivity index (χ0n) is 14.2. The van der Waals surface area contributed by atoms with Crippen molar-refractivity contribution in [1.29, 1.82) is 0 Å². The van der Waals surface area contributed by atoms with E-state index in [0.29, 0.717) is 12.4 Å². The van der Waals surface area contributed by atoms with Crippen LogP contribution in [0.15, 0.2) is 54.9 Å². The first-order valence-electron chi connectivity index (χ1n) is 7.80. The topological polar surface area (TPSA) is 79.3 Å². The number of pyridine rings is 2. The molecule has 0 aliphatic heterocycles. The summed E-state index contributed by atoms with van der Waals surface area (Å²) >= 11 is 3.65. The van der Waals surface area contributed by atoms with Gasteiger partial charge in [0.1, 0.15) is 5.52 Å². The normalized spacial score (nSPS) is 11.4. The van der Waals surface area contributed by atoms with Gasteiger partial charge in [0, 0.05) is 35.7 Å². The summed E-state index contributed by atoms with van der Waals surface area (Å²) in [6.07, 6.45) is 3.18. The number of hydrogen-bond acceptors (Lipinski definition) is 7. The molecule has 0 aliphatic rings. The van der Waals surface area contributed by atoms with E-state index in [1.165, 1.54) is 0 Å². The number of para-hydroxylation sites is 1. The summed E-state index contributed by atoms with van der Waals surface area (Å²) < 4.78 is 7.74. The Labute approximate surface area is 152 Å². The number of ether oxygens (including phenoxy) is 1. The Morgan fingerprint density at radius 3 is 2.44 bits per heavy atom. The third kappa shape index (κ3) is 5.60. The van der Waals surface area contributed by atoms with Crippen molar-refractivity contribution in [3.8, 4) is 5.88 Å². The number of methoxy groups -OCH3 is 1. The molecule has 1 unspecified atom stereocenters. The highest BCUT2D eigenvalue weighted by atomic mass is 32.1.